The van der Waals surface area contributed by atoms with Gasteiger partial charge in [0.1, 0.15) is 18.1 Å². The van der Waals surface area contributed by atoms with Crippen molar-refractivity contribution in [1.82, 2.24) is 20.5 Å². The first kappa shape index (κ1) is 29.3. The highest BCUT2D eigenvalue weighted by Gasteiger charge is 2.38. The average Bonchev–Trinajstić information content (AvgIpc) is 3.60. The molecule has 0 radical (unpaired) electrons. The molecule has 4 atom stereocenters. The monoisotopic (exact) mass is 562 g/mol. The molecule has 4 unspecified atom stereocenters. The smallest absolute Gasteiger partial charge is 0.326 e. The molecule has 1 aliphatic rings. The molecule has 12 nitrogen and oxygen atoms in total. The number of likely N-dealkylation sites (tertiary alicyclic amines) is 1. The van der Waals surface area contributed by atoms with Crippen molar-refractivity contribution in [1.29, 1.82) is 0 Å². The molecule has 0 spiro atoms. The van der Waals surface area contributed by atoms with Crippen LogP contribution in [0.15, 0.2) is 60.8 Å². The number of nitrogens with zero attached hydrogens (tertiary/aromatic N) is 1. The number of fused-ring (bicyclic) bond motifs is 1. The van der Waals surface area contributed by atoms with Crippen LogP contribution in [0.25, 0.3) is 10.9 Å². The maximum atomic E-state index is 13.5. The molecule has 12 heteroatoms. The predicted octanol–water partition coefficient (Wildman–Crippen LogP) is 0.201. The molecule has 2 heterocycles. The van der Waals surface area contributed by atoms with E-state index in [1.54, 1.807) is 6.20 Å². The van der Waals surface area contributed by atoms with Crippen molar-refractivity contribution >= 4 is 40.5 Å². The SMILES string of the molecule is NC(=O)CC(NC(=O)C(Cc1c[nH]c2ccccc12)NC(=O)C1CCCN1C(=O)C(N)Cc1ccccc1)C(=O)O. The maximum absolute atomic E-state index is 13.5. The molecule has 1 aromatic heterocycles. The van der Waals surface area contributed by atoms with E-state index in [0.29, 0.717) is 31.4 Å². The lowest BCUT2D eigenvalue weighted by molar-refractivity contribution is -0.144. The molecule has 4 amide bonds. The van der Waals surface area contributed by atoms with Crippen LogP contribution >= 0.6 is 0 Å². The number of carboxylic acids is 1. The van der Waals surface area contributed by atoms with E-state index in [2.05, 4.69) is 15.6 Å². The third-order valence-electron chi connectivity index (χ3n) is 7.21. The van der Waals surface area contributed by atoms with Gasteiger partial charge in [0.2, 0.25) is 23.6 Å². The van der Waals surface area contributed by atoms with E-state index >= 15 is 0 Å². The summed E-state index contributed by atoms with van der Waals surface area (Å²) in [7, 11) is 0. The molecular formula is C29H34N6O6. The van der Waals surface area contributed by atoms with Crippen molar-refractivity contribution in [3.8, 4) is 0 Å². The second-order valence-corrected chi connectivity index (χ2v) is 10.2. The molecular weight excluding hydrogens is 528 g/mol. The van der Waals surface area contributed by atoms with Crippen molar-refractivity contribution < 1.29 is 29.1 Å². The van der Waals surface area contributed by atoms with E-state index in [-0.39, 0.29) is 12.3 Å². The molecule has 3 aromatic rings. The van der Waals surface area contributed by atoms with Crippen molar-refractivity contribution in [2.75, 3.05) is 6.54 Å². The largest absolute Gasteiger partial charge is 0.480 e. The lowest BCUT2D eigenvalue weighted by Crippen LogP contribution is -2.57. The predicted molar refractivity (Wildman–Crippen MR) is 150 cm³/mol. The number of primary amides is 1. The van der Waals surface area contributed by atoms with Crippen molar-refractivity contribution in [3.63, 3.8) is 0 Å². The molecule has 0 bridgehead atoms. The van der Waals surface area contributed by atoms with Crippen molar-refractivity contribution in [2.45, 2.75) is 56.3 Å². The summed E-state index contributed by atoms with van der Waals surface area (Å²) in [6.07, 6.45) is 2.41. The third kappa shape index (κ3) is 7.28. The number of amides is 4. The summed E-state index contributed by atoms with van der Waals surface area (Å²) in [5.74, 6) is -4.05. The number of carbonyl (C=O) groups excluding carboxylic acids is 4. The lowest BCUT2D eigenvalue weighted by Gasteiger charge is -2.28. The molecule has 41 heavy (non-hydrogen) atoms. The molecule has 1 saturated heterocycles. The Bertz CT molecular complexity index is 1420. The van der Waals surface area contributed by atoms with Crippen LogP contribution in [-0.2, 0) is 36.8 Å². The van der Waals surface area contributed by atoms with Crippen LogP contribution in [0.4, 0.5) is 0 Å². The molecule has 1 fully saturated rings. The van der Waals surface area contributed by atoms with Gasteiger partial charge in [-0.25, -0.2) is 4.79 Å². The van der Waals surface area contributed by atoms with E-state index < -0.39 is 54.3 Å². The standard InChI is InChI=1S/C29H34N6O6/c30-20(13-17-7-2-1-3-8-17)28(39)35-12-6-11-24(35)27(38)33-22(26(37)34-23(29(40)41)15-25(31)36)14-18-16-32-21-10-5-4-9-19(18)21/h1-5,7-10,16,20,22-24,32H,6,11-15,30H2,(H2,31,36)(H,33,38)(H,34,37)(H,40,41). The lowest BCUT2D eigenvalue weighted by atomic mass is 10.0. The number of hydrogen-bond acceptors (Lipinski definition) is 6. The van der Waals surface area contributed by atoms with Crippen LogP contribution in [0, 0.1) is 0 Å². The third-order valence-corrected chi connectivity index (χ3v) is 7.21. The Kier molecular flexibility index (Phi) is 9.35. The number of nitrogens with one attached hydrogen (secondary N) is 3. The van der Waals surface area contributed by atoms with E-state index in [4.69, 9.17) is 11.5 Å². The Morgan fingerprint density at radius 1 is 0.976 bits per heavy atom. The van der Waals surface area contributed by atoms with Crippen molar-refractivity contribution in [2.24, 2.45) is 11.5 Å². The number of benzene rings is 2. The number of aromatic nitrogens is 1. The Labute approximate surface area is 236 Å². The van der Waals surface area contributed by atoms with Crippen LogP contribution in [0.3, 0.4) is 0 Å². The number of hydrogen-bond donors (Lipinski definition) is 6. The van der Waals surface area contributed by atoms with E-state index in [9.17, 15) is 29.1 Å². The van der Waals surface area contributed by atoms with Crippen LogP contribution in [0.2, 0.25) is 0 Å². The fraction of sp³-hybridized carbons (Fsp3) is 0.345. The second-order valence-electron chi connectivity index (χ2n) is 10.2. The summed E-state index contributed by atoms with van der Waals surface area (Å²) < 4.78 is 0. The maximum Gasteiger partial charge on any atom is 0.326 e. The van der Waals surface area contributed by atoms with Crippen LogP contribution < -0.4 is 22.1 Å². The van der Waals surface area contributed by atoms with Gasteiger partial charge in [-0.1, -0.05) is 48.5 Å². The van der Waals surface area contributed by atoms with Gasteiger partial charge in [0.25, 0.3) is 0 Å². The summed E-state index contributed by atoms with van der Waals surface area (Å²) in [6.45, 7) is 0.346. The number of nitrogens with two attached hydrogens (primary N) is 2. The highest BCUT2D eigenvalue weighted by Crippen LogP contribution is 2.22. The van der Waals surface area contributed by atoms with Gasteiger partial charge in [0.15, 0.2) is 0 Å². The highest BCUT2D eigenvalue weighted by molar-refractivity contribution is 5.96. The minimum Gasteiger partial charge on any atom is -0.480 e. The number of aromatic amines is 1. The normalized spacial score (nSPS) is 17.0. The van der Waals surface area contributed by atoms with Gasteiger partial charge in [-0.05, 0) is 36.5 Å². The quantitative estimate of drug-likeness (QED) is 0.181. The number of para-hydroxylation sites is 1. The molecule has 2 aromatic carbocycles. The fourth-order valence-electron chi connectivity index (χ4n) is 5.14. The number of H-pyrrole nitrogens is 1. The number of carboxylic acid groups (broad SMARTS) is 1. The Morgan fingerprint density at radius 2 is 1.68 bits per heavy atom. The van der Waals surface area contributed by atoms with Crippen LogP contribution in [0.1, 0.15) is 30.4 Å². The molecule has 4 rings (SSSR count). The zero-order chi connectivity index (χ0) is 29.5. The summed E-state index contributed by atoms with van der Waals surface area (Å²) >= 11 is 0. The summed E-state index contributed by atoms with van der Waals surface area (Å²) in [4.78, 5) is 67.7. The fourth-order valence-corrected chi connectivity index (χ4v) is 5.14. The Hall–Kier alpha value is -4.71. The minimum absolute atomic E-state index is 0.0265. The molecule has 216 valence electrons. The summed E-state index contributed by atoms with van der Waals surface area (Å²) in [5, 5.41) is 15.4. The minimum atomic E-state index is -1.57. The van der Waals surface area contributed by atoms with Gasteiger partial charge < -0.3 is 37.1 Å². The number of aliphatic carboxylic acids is 1. The van der Waals surface area contributed by atoms with Crippen LogP contribution in [0.5, 0.6) is 0 Å². The Balaban J connectivity index is 1.52. The highest BCUT2D eigenvalue weighted by atomic mass is 16.4. The first-order valence-electron chi connectivity index (χ1n) is 13.4. The summed E-state index contributed by atoms with van der Waals surface area (Å²) in [6, 6.07) is 12.3. The van der Waals surface area contributed by atoms with E-state index in [1.807, 2.05) is 54.6 Å². The first-order chi connectivity index (χ1) is 19.6. The molecule has 8 N–H and O–H groups in total. The molecule has 0 saturated carbocycles. The van der Waals surface area contributed by atoms with E-state index in [0.717, 1.165) is 16.5 Å². The van der Waals surface area contributed by atoms with Gasteiger partial charge in [-0.15, -0.1) is 0 Å². The Morgan fingerprint density at radius 3 is 2.39 bits per heavy atom. The molecule has 0 aliphatic carbocycles. The van der Waals surface area contributed by atoms with Gasteiger partial charge >= 0.3 is 5.97 Å². The van der Waals surface area contributed by atoms with Crippen LogP contribution in [-0.4, -0.2) is 75.3 Å². The summed E-state index contributed by atoms with van der Waals surface area (Å²) in [5.41, 5.74) is 13.8. The second kappa shape index (κ2) is 13.1. The topological polar surface area (TPSA) is 201 Å². The molecule has 1 aliphatic heterocycles. The van der Waals surface area contributed by atoms with Gasteiger partial charge in [0, 0.05) is 30.1 Å². The van der Waals surface area contributed by atoms with E-state index in [1.165, 1.54) is 4.90 Å². The van der Waals surface area contributed by atoms with Crippen molar-refractivity contribution in [3.05, 3.63) is 71.9 Å². The van der Waals surface area contributed by atoms with Gasteiger partial charge in [-0.3, -0.25) is 19.2 Å². The zero-order valence-corrected chi connectivity index (χ0v) is 22.4. The number of rotatable bonds is 12. The zero-order valence-electron chi connectivity index (χ0n) is 22.4. The first-order valence-corrected chi connectivity index (χ1v) is 13.4. The average molecular weight is 563 g/mol. The number of carbonyl (C=O) groups is 5. The van der Waals surface area contributed by atoms with Gasteiger partial charge in [-0.2, -0.15) is 0 Å². The van der Waals surface area contributed by atoms with Gasteiger partial charge in [0.05, 0.1) is 12.5 Å².